The summed E-state index contributed by atoms with van der Waals surface area (Å²) in [4.78, 5) is 2.23. The molecule has 2 aromatic carbocycles. The highest BCUT2D eigenvalue weighted by molar-refractivity contribution is 5.55. The van der Waals surface area contributed by atoms with Gasteiger partial charge in [-0.2, -0.15) is 0 Å². The van der Waals surface area contributed by atoms with Crippen LogP contribution in [-0.4, -0.2) is 18.8 Å². The fraction of sp³-hybridized carbons (Fsp3) is 0.263. The molecule has 108 valence electrons. The fourth-order valence-electron chi connectivity index (χ4n) is 2.49. The molecule has 0 aliphatic carbocycles. The van der Waals surface area contributed by atoms with Crippen LogP contribution in [0.4, 0.5) is 5.69 Å². The lowest BCUT2D eigenvalue weighted by molar-refractivity contribution is 0.350. The molecule has 0 bridgehead atoms. The SMILES string of the molecule is Cc1ccc(N(C)Cc2ccccc2C#CCO)c(C)c1. The quantitative estimate of drug-likeness (QED) is 0.872. The molecule has 0 atom stereocenters. The third-order valence-electron chi connectivity index (χ3n) is 3.49. The van der Waals surface area contributed by atoms with Crippen LogP contribution in [0.3, 0.4) is 0 Å². The maximum absolute atomic E-state index is 8.86. The second-order valence-corrected chi connectivity index (χ2v) is 5.26. The number of aryl methyl sites for hydroxylation is 2. The van der Waals surface area contributed by atoms with Gasteiger partial charge < -0.3 is 10.0 Å². The lowest BCUT2D eigenvalue weighted by Gasteiger charge is -2.22. The highest BCUT2D eigenvalue weighted by atomic mass is 16.2. The summed E-state index contributed by atoms with van der Waals surface area (Å²) in [5, 5.41) is 8.86. The lowest BCUT2D eigenvalue weighted by Crippen LogP contribution is -2.18. The summed E-state index contributed by atoms with van der Waals surface area (Å²) in [6, 6.07) is 14.6. The number of aliphatic hydroxyl groups is 1. The standard InChI is InChI=1S/C19H21NO/c1-15-10-11-19(16(2)13-15)20(3)14-18-8-5-4-7-17(18)9-6-12-21/h4-5,7-8,10-11,13,21H,12,14H2,1-3H3. The molecule has 0 saturated heterocycles. The maximum atomic E-state index is 8.86. The summed E-state index contributed by atoms with van der Waals surface area (Å²) >= 11 is 0. The van der Waals surface area contributed by atoms with E-state index in [1.165, 1.54) is 22.4 Å². The Kier molecular flexibility index (Phi) is 5.03. The van der Waals surface area contributed by atoms with Gasteiger partial charge in [-0.05, 0) is 37.1 Å². The first-order valence-electron chi connectivity index (χ1n) is 7.08. The van der Waals surface area contributed by atoms with Gasteiger partial charge in [0.1, 0.15) is 6.61 Å². The maximum Gasteiger partial charge on any atom is 0.104 e. The highest BCUT2D eigenvalue weighted by Crippen LogP contribution is 2.22. The number of benzene rings is 2. The summed E-state index contributed by atoms with van der Waals surface area (Å²) in [5.41, 5.74) is 5.92. The smallest absolute Gasteiger partial charge is 0.104 e. The Morgan fingerprint density at radius 3 is 2.57 bits per heavy atom. The average molecular weight is 279 g/mol. The van der Waals surface area contributed by atoms with Gasteiger partial charge in [-0.1, -0.05) is 47.7 Å². The molecule has 0 unspecified atom stereocenters. The van der Waals surface area contributed by atoms with E-state index in [4.69, 9.17) is 5.11 Å². The molecule has 0 aromatic heterocycles. The third-order valence-corrected chi connectivity index (χ3v) is 3.49. The lowest BCUT2D eigenvalue weighted by atomic mass is 10.1. The second kappa shape index (κ2) is 6.97. The van der Waals surface area contributed by atoms with Crippen molar-refractivity contribution in [3.63, 3.8) is 0 Å². The number of nitrogens with zero attached hydrogens (tertiary/aromatic N) is 1. The number of anilines is 1. The third kappa shape index (κ3) is 3.87. The predicted octanol–water partition coefficient (Wildman–Crippen LogP) is 3.28. The van der Waals surface area contributed by atoms with E-state index in [2.05, 4.69) is 61.9 Å². The van der Waals surface area contributed by atoms with Crippen LogP contribution < -0.4 is 4.90 Å². The zero-order valence-corrected chi connectivity index (χ0v) is 12.9. The minimum absolute atomic E-state index is 0.110. The molecule has 2 heteroatoms. The van der Waals surface area contributed by atoms with Crippen molar-refractivity contribution in [3.8, 4) is 11.8 Å². The van der Waals surface area contributed by atoms with E-state index in [9.17, 15) is 0 Å². The van der Waals surface area contributed by atoms with Crippen LogP contribution in [0.1, 0.15) is 22.3 Å². The van der Waals surface area contributed by atoms with Crippen LogP contribution in [0.25, 0.3) is 0 Å². The molecule has 2 rings (SSSR count). The molecule has 0 radical (unpaired) electrons. The molecule has 0 fully saturated rings. The van der Waals surface area contributed by atoms with Crippen molar-refractivity contribution in [2.45, 2.75) is 20.4 Å². The fourth-order valence-corrected chi connectivity index (χ4v) is 2.49. The van der Waals surface area contributed by atoms with Crippen molar-refractivity contribution in [1.29, 1.82) is 0 Å². The molecule has 0 amide bonds. The molecule has 0 saturated carbocycles. The molecular weight excluding hydrogens is 258 g/mol. The zero-order valence-electron chi connectivity index (χ0n) is 12.9. The molecule has 0 spiro atoms. The average Bonchev–Trinajstić information content (AvgIpc) is 2.46. The van der Waals surface area contributed by atoms with Gasteiger partial charge in [0.2, 0.25) is 0 Å². The minimum Gasteiger partial charge on any atom is -0.384 e. The van der Waals surface area contributed by atoms with E-state index in [0.29, 0.717) is 0 Å². The van der Waals surface area contributed by atoms with E-state index < -0.39 is 0 Å². The van der Waals surface area contributed by atoms with Crippen LogP contribution >= 0.6 is 0 Å². The number of hydrogen-bond donors (Lipinski definition) is 1. The van der Waals surface area contributed by atoms with Crippen molar-refractivity contribution in [1.82, 2.24) is 0 Å². The Morgan fingerprint density at radius 1 is 1.10 bits per heavy atom. The minimum atomic E-state index is -0.110. The summed E-state index contributed by atoms with van der Waals surface area (Å²) < 4.78 is 0. The first kappa shape index (κ1) is 15.2. The summed E-state index contributed by atoms with van der Waals surface area (Å²) in [6.45, 7) is 4.92. The van der Waals surface area contributed by atoms with Gasteiger partial charge in [-0.25, -0.2) is 0 Å². The number of rotatable bonds is 3. The molecule has 21 heavy (non-hydrogen) atoms. The van der Waals surface area contributed by atoms with Gasteiger partial charge in [0.25, 0.3) is 0 Å². The second-order valence-electron chi connectivity index (χ2n) is 5.26. The van der Waals surface area contributed by atoms with Crippen molar-refractivity contribution in [3.05, 3.63) is 64.7 Å². The van der Waals surface area contributed by atoms with Crippen LogP contribution in [0.5, 0.6) is 0 Å². The molecule has 2 nitrogen and oxygen atoms in total. The van der Waals surface area contributed by atoms with Crippen molar-refractivity contribution in [2.24, 2.45) is 0 Å². The molecular formula is C19H21NO. The Morgan fingerprint density at radius 2 is 1.86 bits per heavy atom. The highest BCUT2D eigenvalue weighted by Gasteiger charge is 2.07. The van der Waals surface area contributed by atoms with E-state index in [0.717, 1.165) is 12.1 Å². The molecule has 1 N–H and O–H groups in total. The summed E-state index contributed by atoms with van der Waals surface area (Å²) in [5.74, 6) is 5.74. The molecule has 0 heterocycles. The van der Waals surface area contributed by atoms with Crippen molar-refractivity contribution in [2.75, 3.05) is 18.6 Å². The number of hydrogen-bond acceptors (Lipinski definition) is 2. The van der Waals surface area contributed by atoms with E-state index in [-0.39, 0.29) is 6.61 Å². The monoisotopic (exact) mass is 279 g/mol. The van der Waals surface area contributed by atoms with Gasteiger partial charge in [-0.15, -0.1) is 0 Å². The van der Waals surface area contributed by atoms with E-state index in [1.807, 2.05) is 18.2 Å². The summed E-state index contributed by atoms with van der Waals surface area (Å²) in [6.07, 6.45) is 0. The van der Waals surface area contributed by atoms with Crippen LogP contribution in [0.2, 0.25) is 0 Å². The van der Waals surface area contributed by atoms with Gasteiger partial charge in [0.05, 0.1) is 0 Å². The Hall–Kier alpha value is -2.24. The predicted molar refractivity (Wildman–Crippen MR) is 88.4 cm³/mol. The Balaban J connectivity index is 2.25. The molecule has 0 aliphatic heterocycles. The van der Waals surface area contributed by atoms with Gasteiger partial charge in [0, 0.05) is 24.8 Å². The van der Waals surface area contributed by atoms with Crippen LogP contribution in [0.15, 0.2) is 42.5 Å². The number of aliphatic hydroxyl groups excluding tert-OH is 1. The molecule has 0 aliphatic rings. The first-order chi connectivity index (χ1) is 10.1. The first-order valence-corrected chi connectivity index (χ1v) is 7.08. The Labute approximate surface area is 127 Å². The van der Waals surface area contributed by atoms with Gasteiger partial charge in [-0.3, -0.25) is 0 Å². The molecule has 2 aromatic rings. The summed E-state index contributed by atoms with van der Waals surface area (Å²) in [7, 11) is 2.09. The van der Waals surface area contributed by atoms with Gasteiger partial charge >= 0.3 is 0 Å². The van der Waals surface area contributed by atoms with Crippen molar-refractivity contribution >= 4 is 5.69 Å². The van der Waals surface area contributed by atoms with Crippen LogP contribution in [0, 0.1) is 25.7 Å². The van der Waals surface area contributed by atoms with Gasteiger partial charge in [0.15, 0.2) is 0 Å². The van der Waals surface area contributed by atoms with E-state index in [1.54, 1.807) is 0 Å². The largest absolute Gasteiger partial charge is 0.384 e. The van der Waals surface area contributed by atoms with E-state index >= 15 is 0 Å². The normalized spacial score (nSPS) is 9.90. The zero-order chi connectivity index (χ0) is 15.2. The Bertz CT molecular complexity index is 679. The van der Waals surface area contributed by atoms with Crippen LogP contribution in [-0.2, 0) is 6.54 Å². The topological polar surface area (TPSA) is 23.5 Å². The van der Waals surface area contributed by atoms with Crippen molar-refractivity contribution < 1.29 is 5.11 Å².